The van der Waals surface area contributed by atoms with E-state index in [0.717, 1.165) is 22.5 Å². The molecule has 1 aliphatic heterocycles. The van der Waals surface area contributed by atoms with E-state index in [9.17, 15) is 22.7 Å². The first kappa shape index (κ1) is 15.8. The number of carboxylic acid groups (broad SMARTS) is 1. The summed E-state index contributed by atoms with van der Waals surface area (Å²) in [7, 11) is -4.03. The molecule has 0 aliphatic carbocycles. The standard InChI is InChI=1S/C12H14FNO6S/c13-11-2-1-9(5-10(11)12(16)17)21(18,19)14-3-4-20-7-8(14)6-15/h1-2,5,8,15H,3-4,6-7H2,(H,16,17). The Hall–Kier alpha value is -1.55. The summed E-state index contributed by atoms with van der Waals surface area (Å²) in [6.45, 7) is -0.176. The Labute approximate surface area is 120 Å². The summed E-state index contributed by atoms with van der Waals surface area (Å²) in [5, 5.41) is 18.1. The highest BCUT2D eigenvalue weighted by Gasteiger charge is 2.34. The first-order valence-electron chi connectivity index (χ1n) is 6.11. The van der Waals surface area contributed by atoms with Gasteiger partial charge >= 0.3 is 5.97 Å². The zero-order valence-electron chi connectivity index (χ0n) is 10.9. The topological polar surface area (TPSA) is 104 Å². The van der Waals surface area contributed by atoms with Gasteiger partial charge in [0.25, 0.3) is 0 Å². The number of hydrogen-bond donors (Lipinski definition) is 2. The second kappa shape index (κ2) is 6.06. The molecule has 0 saturated carbocycles. The average molecular weight is 319 g/mol. The average Bonchev–Trinajstić information content (AvgIpc) is 2.47. The third kappa shape index (κ3) is 3.05. The highest BCUT2D eigenvalue weighted by atomic mass is 32.2. The molecule has 7 nitrogen and oxygen atoms in total. The molecular formula is C12H14FNO6S. The molecule has 1 aliphatic rings. The minimum atomic E-state index is -4.03. The van der Waals surface area contributed by atoms with Crippen LogP contribution in [0, 0.1) is 5.82 Å². The zero-order chi connectivity index (χ0) is 15.6. The Morgan fingerprint density at radius 1 is 1.48 bits per heavy atom. The number of aliphatic hydroxyl groups is 1. The molecule has 1 atom stereocenters. The van der Waals surface area contributed by atoms with Crippen molar-refractivity contribution in [3.05, 3.63) is 29.6 Å². The maximum Gasteiger partial charge on any atom is 0.338 e. The summed E-state index contributed by atoms with van der Waals surface area (Å²) in [6, 6.07) is 1.82. The van der Waals surface area contributed by atoms with E-state index in [0.29, 0.717) is 0 Å². The van der Waals surface area contributed by atoms with Crippen molar-refractivity contribution in [3.8, 4) is 0 Å². The van der Waals surface area contributed by atoms with Gasteiger partial charge in [0.15, 0.2) is 0 Å². The Bertz CT molecular complexity index is 647. The van der Waals surface area contributed by atoms with Crippen LogP contribution in [-0.4, -0.2) is 61.3 Å². The van der Waals surface area contributed by atoms with Crippen molar-refractivity contribution >= 4 is 16.0 Å². The Kier molecular flexibility index (Phi) is 4.57. The van der Waals surface area contributed by atoms with Gasteiger partial charge in [-0.25, -0.2) is 17.6 Å². The van der Waals surface area contributed by atoms with Gasteiger partial charge in [-0.15, -0.1) is 0 Å². The second-order valence-electron chi connectivity index (χ2n) is 4.47. The Morgan fingerprint density at radius 3 is 2.81 bits per heavy atom. The van der Waals surface area contributed by atoms with Gasteiger partial charge in [0.05, 0.1) is 36.3 Å². The molecule has 0 spiro atoms. The molecule has 1 heterocycles. The fraction of sp³-hybridized carbons (Fsp3) is 0.417. The van der Waals surface area contributed by atoms with Gasteiger partial charge in [0, 0.05) is 6.54 Å². The summed E-state index contributed by atoms with van der Waals surface area (Å²) in [5.74, 6) is -2.56. The number of halogens is 1. The summed E-state index contributed by atoms with van der Waals surface area (Å²) >= 11 is 0. The van der Waals surface area contributed by atoms with Gasteiger partial charge in [0.2, 0.25) is 10.0 Å². The normalized spacial score (nSPS) is 20.4. The molecule has 1 saturated heterocycles. The highest BCUT2D eigenvalue weighted by molar-refractivity contribution is 7.89. The number of morpholine rings is 1. The number of carboxylic acids is 1. The molecule has 0 radical (unpaired) electrons. The maximum atomic E-state index is 13.3. The molecule has 2 N–H and O–H groups in total. The lowest BCUT2D eigenvalue weighted by atomic mass is 10.2. The largest absolute Gasteiger partial charge is 0.478 e. The number of sulfonamides is 1. The van der Waals surface area contributed by atoms with Crippen molar-refractivity contribution in [2.24, 2.45) is 0 Å². The van der Waals surface area contributed by atoms with Crippen LogP contribution in [0.5, 0.6) is 0 Å². The van der Waals surface area contributed by atoms with Crippen molar-refractivity contribution in [2.45, 2.75) is 10.9 Å². The first-order valence-corrected chi connectivity index (χ1v) is 7.55. The summed E-state index contributed by atoms with van der Waals surface area (Å²) in [4.78, 5) is 10.6. The lowest BCUT2D eigenvalue weighted by molar-refractivity contribution is 0.0109. The van der Waals surface area contributed by atoms with Gasteiger partial charge in [-0.05, 0) is 18.2 Å². The predicted molar refractivity (Wildman–Crippen MR) is 68.9 cm³/mol. The smallest absolute Gasteiger partial charge is 0.338 e. The number of hydrogen-bond acceptors (Lipinski definition) is 5. The van der Waals surface area contributed by atoms with E-state index >= 15 is 0 Å². The molecule has 1 aromatic carbocycles. The molecule has 116 valence electrons. The third-order valence-electron chi connectivity index (χ3n) is 3.16. The Balaban J connectivity index is 2.43. The number of nitrogens with zero attached hydrogens (tertiary/aromatic N) is 1. The van der Waals surface area contributed by atoms with Crippen LogP contribution in [0.2, 0.25) is 0 Å². The first-order chi connectivity index (χ1) is 9.87. The van der Waals surface area contributed by atoms with Crippen LogP contribution in [0.1, 0.15) is 10.4 Å². The van der Waals surface area contributed by atoms with Crippen LogP contribution in [0.3, 0.4) is 0 Å². The minimum Gasteiger partial charge on any atom is -0.478 e. The van der Waals surface area contributed by atoms with E-state index in [1.807, 2.05) is 0 Å². The molecule has 1 unspecified atom stereocenters. The monoisotopic (exact) mass is 319 g/mol. The molecule has 0 bridgehead atoms. The maximum absolute atomic E-state index is 13.3. The van der Waals surface area contributed by atoms with Gasteiger partial charge in [0.1, 0.15) is 5.82 Å². The predicted octanol–water partition coefficient (Wildman–Crippen LogP) is -0.0943. The van der Waals surface area contributed by atoms with E-state index < -0.39 is 40.0 Å². The van der Waals surface area contributed by atoms with Gasteiger partial charge < -0.3 is 14.9 Å². The summed E-state index contributed by atoms with van der Waals surface area (Å²) < 4.78 is 44.4. The molecule has 9 heteroatoms. The van der Waals surface area contributed by atoms with Crippen molar-refractivity contribution in [1.29, 1.82) is 0 Å². The lowest BCUT2D eigenvalue weighted by Gasteiger charge is -2.33. The molecular weight excluding hydrogens is 305 g/mol. The number of aromatic carboxylic acids is 1. The van der Waals surface area contributed by atoms with E-state index in [2.05, 4.69) is 0 Å². The van der Waals surface area contributed by atoms with Crippen molar-refractivity contribution < 1.29 is 32.6 Å². The number of benzene rings is 1. The highest BCUT2D eigenvalue weighted by Crippen LogP contribution is 2.22. The number of carbonyl (C=O) groups is 1. The quantitative estimate of drug-likeness (QED) is 0.803. The molecule has 1 fully saturated rings. The lowest BCUT2D eigenvalue weighted by Crippen LogP contribution is -2.50. The molecule has 0 amide bonds. The van der Waals surface area contributed by atoms with Crippen LogP contribution < -0.4 is 0 Å². The van der Waals surface area contributed by atoms with Crippen molar-refractivity contribution in [3.63, 3.8) is 0 Å². The van der Waals surface area contributed by atoms with Crippen molar-refractivity contribution in [1.82, 2.24) is 4.31 Å². The fourth-order valence-electron chi connectivity index (χ4n) is 2.06. The van der Waals surface area contributed by atoms with Gasteiger partial charge in [-0.2, -0.15) is 4.31 Å². The molecule has 21 heavy (non-hydrogen) atoms. The van der Waals surface area contributed by atoms with Crippen LogP contribution in [0.25, 0.3) is 0 Å². The molecule has 1 aromatic rings. The SMILES string of the molecule is O=C(O)c1cc(S(=O)(=O)N2CCOCC2CO)ccc1F. The van der Waals surface area contributed by atoms with E-state index in [1.54, 1.807) is 0 Å². The fourth-order valence-corrected chi connectivity index (χ4v) is 3.68. The van der Waals surface area contributed by atoms with Crippen LogP contribution in [0.4, 0.5) is 4.39 Å². The van der Waals surface area contributed by atoms with Crippen LogP contribution in [0.15, 0.2) is 23.1 Å². The number of aliphatic hydroxyl groups excluding tert-OH is 1. The summed E-state index contributed by atoms with van der Waals surface area (Å²) in [5.41, 5.74) is -0.718. The third-order valence-corrected chi connectivity index (χ3v) is 5.11. The molecule has 2 rings (SSSR count). The number of ether oxygens (including phenoxy) is 1. The number of rotatable bonds is 4. The second-order valence-corrected chi connectivity index (χ2v) is 6.36. The molecule has 0 aromatic heterocycles. The van der Waals surface area contributed by atoms with Crippen LogP contribution >= 0.6 is 0 Å². The van der Waals surface area contributed by atoms with Crippen molar-refractivity contribution in [2.75, 3.05) is 26.4 Å². The summed E-state index contributed by atoms with van der Waals surface area (Å²) in [6.07, 6.45) is 0. The van der Waals surface area contributed by atoms with Crippen LogP contribution in [-0.2, 0) is 14.8 Å². The van der Waals surface area contributed by atoms with E-state index in [1.165, 1.54) is 0 Å². The minimum absolute atomic E-state index is 0.0351. The van der Waals surface area contributed by atoms with E-state index in [-0.39, 0.29) is 24.7 Å². The zero-order valence-corrected chi connectivity index (χ0v) is 11.7. The van der Waals surface area contributed by atoms with Gasteiger partial charge in [-0.1, -0.05) is 0 Å². The van der Waals surface area contributed by atoms with Gasteiger partial charge in [-0.3, -0.25) is 0 Å². The Morgan fingerprint density at radius 2 is 2.19 bits per heavy atom. The van der Waals surface area contributed by atoms with E-state index in [4.69, 9.17) is 9.84 Å².